The van der Waals surface area contributed by atoms with Crippen LogP contribution in [0.1, 0.15) is 12.8 Å². The molecule has 0 radical (unpaired) electrons. The van der Waals surface area contributed by atoms with Crippen molar-refractivity contribution in [2.75, 3.05) is 0 Å². The van der Waals surface area contributed by atoms with E-state index in [1.165, 1.54) is 0 Å². The maximum atomic E-state index is 12.3. The van der Waals surface area contributed by atoms with Crippen LogP contribution in [0, 0.1) is 0 Å². The van der Waals surface area contributed by atoms with Crippen molar-refractivity contribution in [3.8, 4) is 0 Å². The zero-order valence-electron chi connectivity index (χ0n) is 10.0. The van der Waals surface area contributed by atoms with E-state index in [9.17, 15) is 28.0 Å². The number of carboxylic acids is 2. The van der Waals surface area contributed by atoms with Gasteiger partial charge in [0.1, 0.15) is 12.1 Å². The van der Waals surface area contributed by atoms with Gasteiger partial charge < -0.3 is 20.8 Å². The second kappa shape index (κ2) is 6.26. The third-order valence-electron chi connectivity index (χ3n) is 2.68. The quantitative estimate of drug-likeness (QED) is 0.495. The predicted molar refractivity (Wildman–Crippen MR) is 58.2 cm³/mol. The van der Waals surface area contributed by atoms with Crippen LogP contribution in [0.5, 0.6) is 0 Å². The molecule has 0 aromatic carbocycles. The molecule has 2 saturated heterocycles. The fraction of sp³-hybridized carbons (Fsp3) is 0.600. The number of carbonyl (C=O) groups excluding carboxylic acids is 2. The summed E-state index contributed by atoms with van der Waals surface area (Å²) in [7, 11) is 0. The molecule has 4 N–H and O–H groups in total. The number of aliphatic carboxylic acids is 2. The summed E-state index contributed by atoms with van der Waals surface area (Å²) in [5.74, 6) is -4.03. The Labute approximate surface area is 111 Å². The van der Waals surface area contributed by atoms with Gasteiger partial charge in [-0.3, -0.25) is 9.59 Å². The molecule has 0 saturated carbocycles. The molecule has 0 aliphatic carbocycles. The van der Waals surface area contributed by atoms with Crippen molar-refractivity contribution in [3.05, 3.63) is 0 Å². The van der Waals surface area contributed by atoms with E-state index in [0.29, 0.717) is 0 Å². The van der Waals surface area contributed by atoms with Crippen molar-refractivity contribution in [2.45, 2.75) is 37.3 Å². The highest BCUT2D eigenvalue weighted by Gasteiger charge is 2.36. The lowest BCUT2D eigenvalue weighted by Crippen LogP contribution is -2.32. The summed E-state index contributed by atoms with van der Waals surface area (Å²) in [5, 5.41) is 20.5. The Kier molecular flexibility index (Phi) is 4.94. The largest absolute Gasteiger partial charge is 0.480 e. The molecule has 2 aliphatic rings. The second-order valence-corrected chi connectivity index (χ2v) is 4.21. The summed E-state index contributed by atoms with van der Waals surface area (Å²) in [6.07, 6.45) is -3.82. The van der Waals surface area contributed by atoms with Crippen LogP contribution in [0.2, 0.25) is 0 Å². The van der Waals surface area contributed by atoms with E-state index in [-0.39, 0.29) is 12.8 Å². The number of carboxylic acid groups (broad SMARTS) is 2. The number of hydrogen-bond acceptors (Lipinski definition) is 4. The van der Waals surface area contributed by atoms with E-state index in [1.807, 2.05) is 10.6 Å². The van der Waals surface area contributed by atoms with Gasteiger partial charge in [0.15, 0.2) is 12.3 Å². The molecule has 0 bridgehead atoms. The number of hydrogen-bond donors (Lipinski definition) is 4. The molecule has 2 rings (SSSR count). The Bertz CT molecular complexity index is 403. The molecule has 8 nitrogen and oxygen atoms in total. The lowest BCUT2D eigenvalue weighted by Gasteiger charge is -1.99. The first kappa shape index (κ1) is 15.8. The number of alkyl halides is 2. The third kappa shape index (κ3) is 3.87. The summed E-state index contributed by atoms with van der Waals surface area (Å²) in [6, 6.07) is -2.08. The van der Waals surface area contributed by atoms with Crippen molar-refractivity contribution >= 4 is 23.8 Å². The third-order valence-corrected chi connectivity index (χ3v) is 2.68. The second-order valence-electron chi connectivity index (χ2n) is 4.21. The fourth-order valence-corrected chi connectivity index (χ4v) is 1.60. The van der Waals surface area contributed by atoms with Gasteiger partial charge in [-0.25, -0.2) is 18.4 Å². The summed E-state index contributed by atoms with van der Waals surface area (Å²) in [5.41, 5.74) is 0. The number of rotatable bonds is 2. The van der Waals surface area contributed by atoms with Gasteiger partial charge in [-0.1, -0.05) is 0 Å². The van der Waals surface area contributed by atoms with Gasteiger partial charge >= 0.3 is 11.9 Å². The van der Waals surface area contributed by atoms with Crippen LogP contribution in [0.25, 0.3) is 0 Å². The molecular weight excluding hydrogens is 282 g/mol. The maximum Gasteiger partial charge on any atom is 0.326 e. The highest BCUT2D eigenvalue weighted by atomic mass is 19.1. The number of amides is 2. The van der Waals surface area contributed by atoms with E-state index >= 15 is 0 Å². The first-order chi connectivity index (χ1) is 9.22. The van der Waals surface area contributed by atoms with Gasteiger partial charge in [0, 0.05) is 12.8 Å². The minimum Gasteiger partial charge on any atom is -0.480 e. The van der Waals surface area contributed by atoms with E-state index in [0.717, 1.165) is 0 Å². The van der Waals surface area contributed by atoms with Crippen molar-refractivity contribution in [1.29, 1.82) is 0 Å². The normalized spacial score (nSPS) is 31.9. The minimum atomic E-state index is -1.65. The first-order valence-electron chi connectivity index (χ1n) is 5.57. The lowest BCUT2D eigenvalue weighted by molar-refractivity contribution is -0.140. The summed E-state index contributed by atoms with van der Waals surface area (Å²) in [4.78, 5) is 40.9. The number of nitrogens with one attached hydrogen (secondary N) is 2. The Morgan fingerprint density at radius 3 is 1.30 bits per heavy atom. The van der Waals surface area contributed by atoms with Gasteiger partial charge in [-0.15, -0.1) is 0 Å². The van der Waals surface area contributed by atoms with Gasteiger partial charge in [0.05, 0.1) is 0 Å². The van der Waals surface area contributed by atoms with Gasteiger partial charge in [0.2, 0.25) is 0 Å². The molecule has 2 aliphatic heterocycles. The zero-order chi connectivity index (χ0) is 15.4. The molecule has 2 fully saturated rings. The van der Waals surface area contributed by atoms with Crippen LogP contribution in [0.15, 0.2) is 0 Å². The zero-order valence-corrected chi connectivity index (χ0v) is 10.0. The molecule has 20 heavy (non-hydrogen) atoms. The minimum absolute atomic E-state index is 0.256. The first-order valence-corrected chi connectivity index (χ1v) is 5.57. The fourth-order valence-electron chi connectivity index (χ4n) is 1.60. The molecule has 2 heterocycles. The van der Waals surface area contributed by atoms with Crippen molar-refractivity contribution < 1.29 is 38.2 Å². The molecular formula is C10H12F2N2O6. The van der Waals surface area contributed by atoms with Crippen molar-refractivity contribution in [2.24, 2.45) is 0 Å². The SMILES string of the molecule is O=C(O)[C@@H]1C[C@H](F)C(=O)N1.O=C1N[C@@H](C(=O)O)C[C@H]1F. The molecule has 10 heteroatoms. The van der Waals surface area contributed by atoms with Crippen LogP contribution in [-0.4, -0.2) is 58.4 Å². The molecule has 0 unspecified atom stereocenters. The molecule has 0 aromatic heterocycles. The van der Waals surface area contributed by atoms with E-state index in [4.69, 9.17) is 10.2 Å². The number of carbonyl (C=O) groups is 4. The van der Waals surface area contributed by atoms with Crippen LogP contribution in [-0.2, 0) is 19.2 Å². The Hall–Kier alpha value is -2.26. The summed E-state index contributed by atoms with van der Waals surface area (Å²) in [6.45, 7) is 0. The van der Waals surface area contributed by atoms with Crippen LogP contribution in [0.3, 0.4) is 0 Å². The van der Waals surface area contributed by atoms with E-state index in [1.54, 1.807) is 0 Å². The van der Waals surface area contributed by atoms with Crippen LogP contribution in [0.4, 0.5) is 8.78 Å². The van der Waals surface area contributed by atoms with E-state index in [2.05, 4.69) is 0 Å². The van der Waals surface area contributed by atoms with Gasteiger partial charge in [-0.2, -0.15) is 0 Å². The summed E-state index contributed by atoms with van der Waals surface area (Å²) < 4.78 is 24.5. The Morgan fingerprint density at radius 1 is 0.900 bits per heavy atom. The van der Waals surface area contributed by atoms with Gasteiger partial charge in [-0.05, 0) is 0 Å². The lowest BCUT2D eigenvalue weighted by atomic mass is 10.2. The molecule has 0 aromatic rings. The monoisotopic (exact) mass is 294 g/mol. The topological polar surface area (TPSA) is 133 Å². The molecule has 112 valence electrons. The highest BCUT2D eigenvalue weighted by Crippen LogP contribution is 2.11. The number of halogens is 2. The van der Waals surface area contributed by atoms with Crippen LogP contribution < -0.4 is 10.6 Å². The Balaban J connectivity index is 0.000000200. The maximum absolute atomic E-state index is 12.3. The average molecular weight is 294 g/mol. The van der Waals surface area contributed by atoms with Crippen LogP contribution >= 0.6 is 0 Å². The smallest absolute Gasteiger partial charge is 0.326 e. The Morgan fingerprint density at radius 2 is 1.20 bits per heavy atom. The van der Waals surface area contributed by atoms with Crippen molar-refractivity contribution in [1.82, 2.24) is 10.6 Å². The summed E-state index contributed by atoms with van der Waals surface area (Å²) >= 11 is 0. The molecule has 4 atom stereocenters. The molecule has 0 spiro atoms. The van der Waals surface area contributed by atoms with E-state index < -0.39 is 48.2 Å². The van der Waals surface area contributed by atoms with Gasteiger partial charge in [0.25, 0.3) is 11.8 Å². The van der Waals surface area contributed by atoms with Crippen molar-refractivity contribution in [3.63, 3.8) is 0 Å². The standard InChI is InChI=1S/2C5H6FNO3/c2*6-2-1-3(5(9)10)7-4(2)8/h2*2-3H,1H2,(H,7,8)(H,9,10)/t2*2-,3-/m10/s1. The average Bonchev–Trinajstić information content (AvgIpc) is 2.85. The molecule has 2 amide bonds. The predicted octanol–water partition coefficient (Wildman–Crippen LogP) is -1.40. The highest BCUT2D eigenvalue weighted by molar-refractivity contribution is 5.90.